The second kappa shape index (κ2) is 5.81. The molecule has 4 rings (SSSR count). The SMILES string of the molecule is Cc1cc(C)n2ccc(C(=O)N[C@H](C)c3ccc4c(c3)OCO4)c2n1. The molecule has 0 fully saturated rings. The predicted octanol–water partition coefficient (Wildman–Crippen LogP) is 3.17. The first-order valence-electron chi connectivity index (χ1n) is 8.18. The zero-order valence-corrected chi connectivity index (χ0v) is 14.4. The Morgan fingerprint density at radius 1 is 1.20 bits per heavy atom. The molecule has 1 aliphatic rings. The number of ether oxygens (including phenoxy) is 2. The van der Waals surface area contributed by atoms with E-state index in [1.807, 2.05) is 55.6 Å². The standard InChI is InChI=1S/C19H19N3O3/c1-11-8-12(2)22-7-6-15(18(22)20-11)19(23)21-13(3)14-4-5-16-17(9-14)25-10-24-16/h4-9,13H,10H2,1-3H3,(H,21,23)/t13-/m1/s1. The average Bonchev–Trinajstić information content (AvgIpc) is 3.20. The molecule has 0 saturated heterocycles. The maximum absolute atomic E-state index is 12.7. The molecule has 0 spiro atoms. The third-order valence-corrected chi connectivity index (χ3v) is 4.43. The largest absolute Gasteiger partial charge is 0.454 e. The van der Waals surface area contributed by atoms with Gasteiger partial charge in [-0.2, -0.15) is 0 Å². The van der Waals surface area contributed by atoms with Crippen LogP contribution in [0.1, 0.15) is 40.3 Å². The van der Waals surface area contributed by atoms with E-state index >= 15 is 0 Å². The maximum atomic E-state index is 12.7. The molecule has 3 aromatic rings. The molecule has 1 aliphatic heterocycles. The zero-order valence-electron chi connectivity index (χ0n) is 14.4. The van der Waals surface area contributed by atoms with E-state index in [1.165, 1.54) is 0 Å². The zero-order chi connectivity index (χ0) is 17.6. The first-order valence-corrected chi connectivity index (χ1v) is 8.18. The summed E-state index contributed by atoms with van der Waals surface area (Å²) in [5.41, 5.74) is 4.14. The topological polar surface area (TPSA) is 64.9 Å². The molecule has 25 heavy (non-hydrogen) atoms. The minimum Gasteiger partial charge on any atom is -0.454 e. The molecule has 0 aliphatic carbocycles. The highest BCUT2D eigenvalue weighted by Crippen LogP contribution is 2.34. The molecule has 0 saturated carbocycles. The number of aromatic nitrogens is 2. The third-order valence-electron chi connectivity index (χ3n) is 4.43. The molecular formula is C19H19N3O3. The van der Waals surface area contributed by atoms with Gasteiger partial charge in [-0.05, 0) is 50.6 Å². The lowest BCUT2D eigenvalue weighted by Crippen LogP contribution is -2.26. The van der Waals surface area contributed by atoms with Gasteiger partial charge in [-0.25, -0.2) is 4.98 Å². The van der Waals surface area contributed by atoms with Crippen LogP contribution in [-0.4, -0.2) is 22.1 Å². The number of nitrogens with zero attached hydrogens (tertiary/aromatic N) is 2. The number of benzene rings is 1. The summed E-state index contributed by atoms with van der Waals surface area (Å²) in [5.74, 6) is 1.29. The Balaban J connectivity index is 1.60. The Morgan fingerprint density at radius 2 is 2.00 bits per heavy atom. The van der Waals surface area contributed by atoms with Crippen LogP contribution in [0.15, 0.2) is 36.5 Å². The van der Waals surface area contributed by atoms with Crippen LogP contribution < -0.4 is 14.8 Å². The quantitative estimate of drug-likeness (QED) is 0.797. The van der Waals surface area contributed by atoms with Gasteiger partial charge < -0.3 is 19.2 Å². The highest BCUT2D eigenvalue weighted by Gasteiger charge is 2.19. The van der Waals surface area contributed by atoms with E-state index in [-0.39, 0.29) is 18.7 Å². The molecule has 1 N–H and O–H groups in total. The van der Waals surface area contributed by atoms with Gasteiger partial charge in [0.2, 0.25) is 6.79 Å². The van der Waals surface area contributed by atoms with Crippen molar-refractivity contribution in [1.82, 2.24) is 14.7 Å². The first kappa shape index (κ1) is 15.5. The number of hydrogen-bond donors (Lipinski definition) is 1. The van der Waals surface area contributed by atoms with Gasteiger partial charge in [-0.1, -0.05) is 6.07 Å². The van der Waals surface area contributed by atoms with Gasteiger partial charge in [-0.15, -0.1) is 0 Å². The van der Waals surface area contributed by atoms with Crippen molar-refractivity contribution >= 4 is 11.6 Å². The molecule has 1 atom stereocenters. The highest BCUT2D eigenvalue weighted by atomic mass is 16.7. The van der Waals surface area contributed by atoms with Gasteiger partial charge in [0, 0.05) is 17.6 Å². The highest BCUT2D eigenvalue weighted by molar-refractivity contribution is 6.00. The normalized spacial score (nSPS) is 13.9. The van der Waals surface area contributed by atoms with Crippen LogP contribution in [0.2, 0.25) is 0 Å². The summed E-state index contributed by atoms with van der Waals surface area (Å²) in [7, 11) is 0. The fourth-order valence-electron chi connectivity index (χ4n) is 3.11. The second-order valence-corrected chi connectivity index (χ2v) is 6.27. The van der Waals surface area contributed by atoms with Gasteiger partial charge in [0.1, 0.15) is 5.65 Å². The molecule has 0 radical (unpaired) electrons. The van der Waals surface area contributed by atoms with E-state index in [0.717, 1.165) is 22.7 Å². The summed E-state index contributed by atoms with van der Waals surface area (Å²) < 4.78 is 12.6. The Kier molecular flexibility index (Phi) is 3.60. The van der Waals surface area contributed by atoms with Crippen LogP contribution in [0.4, 0.5) is 0 Å². The molecule has 0 bridgehead atoms. The fourth-order valence-corrected chi connectivity index (χ4v) is 3.11. The van der Waals surface area contributed by atoms with Crippen LogP contribution in [-0.2, 0) is 0 Å². The number of carbonyl (C=O) groups excluding carboxylic acids is 1. The van der Waals surface area contributed by atoms with Gasteiger partial charge in [-0.3, -0.25) is 4.79 Å². The van der Waals surface area contributed by atoms with E-state index in [0.29, 0.717) is 17.0 Å². The van der Waals surface area contributed by atoms with E-state index in [9.17, 15) is 4.79 Å². The molecule has 6 heteroatoms. The Morgan fingerprint density at radius 3 is 2.84 bits per heavy atom. The second-order valence-electron chi connectivity index (χ2n) is 6.27. The summed E-state index contributed by atoms with van der Waals surface area (Å²) in [4.78, 5) is 17.2. The molecule has 3 heterocycles. The van der Waals surface area contributed by atoms with Gasteiger partial charge >= 0.3 is 0 Å². The van der Waals surface area contributed by atoms with Gasteiger partial charge in [0.15, 0.2) is 11.5 Å². The molecule has 1 amide bonds. The van der Waals surface area contributed by atoms with E-state index in [2.05, 4.69) is 10.3 Å². The lowest BCUT2D eigenvalue weighted by atomic mass is 10.1. The third kappa shape index (κ3) is 2.69. The first-order chi connectivity index (χ1) is 12.0. The van der Waals surface area contributed by atoms with Crippen molar-refractivity contribution in [2.45, 2.75) is 26.8 Å². The van der Waals surface area contributed by atoms with Crippen molar-refractivity contribution in [3.63, 3.8) is 0 Å². The predicted molar refractivity (Wildman–Crippen MR) is 93.1 cm³/mol. The van der Waals surface area contributed by atoms with Crippen LogP contribution >= 0.6 is 0 Å². The molecule has 128 valence electrons. The van der Waals surface area contributed by atoms with Crippen LogP contribution in [0, 0.1) is 13.8 Å². The maximum Gasteiger partial charge on any atom is 0.255 e. The van der Waals surface area contributed by atoms with Crippen LogP contribution in [0.5, 0.6) is 11.5 Å². The lowest BCUT2D eigenvalue weighted by Gasteiger charge is -2.14. The monoisotopic (exact) mass is 337 g/mol. The number of amides is 1. The summed E-state index contributed by atoms with van der Waals surface area (Å²) in [6.45, 7) is 6.10. The molecule has 0 unspecified atom stereocenters. The minimum atomic E-state index is -0.164. The van der Waals surface area contributed by atoms with Gasteiger partial charge in [0.25, 0.3) is 5.91 Å². The van der Waals surface area contributed by atoms with Crippen molar-refractivity contribution in [2.75, 3.05) is 6.79 Å². The number of aryl methyl sites for hydroxylation is 2. The minimum absolute atomic E-state index is 0.148. The van der Waals surface area contributed by atoms with Crippen LogP contribution in [0.25, 0.3) is 5.65 Å². The van der Waals surface area contributed by atoms with Crippen molar-refractivity contribution in [1.29, 1.82) is 0 Å². The van der Waals surface area contributed by atoms with Crippen LogP contribution in [0.3, 0.4) is 0 Å². The van der Waals surface area contributed by atoms with E-state index in [1.54, 1.807) is 6.07 Å². The number of nitrogens with one attached hydrogen (secondary N) is 1. The van der Waals surface area contributed by atoms with Crippen molar-refractivity contribution in [2.24, 2.45) is 0 Å². The average molecular weight is 337 g/mol. The number of hydrogen-bond acceptors (Lipinski definition) is 4. The van der Waals surface area contributed by atoms with Gasteiger partial charge in [0.05, 0.1) is 11.6 Å². The Bertz CT molecular complexity index is 977. The van der Waals surface area contributed by atoms with Crippen molar-refractivity contribution in [3.05, 3.63) is 59.0 Å². The number of fused-ring (bicyclic) bond motifs is 2. The summed E-state index contributed by atoms with van der Waals surface area (Å²) in [6, 6.07) is 9.33. The van der Waals surface area contributed by atoms with Crippen molar-refractivity contribution in [3.8, 4) is 11.5 Å². The summed E-state index contributed by atoms with van der Waals surface area (Å²) in [5, 5.41) is 3.03. The molecular weight excluding hydrogens is 318 g/mol. The lowest BCUT2D eigenvalue weighted by molar-refractivity contribution is 0.0941. The van der Waals surface area contributed by atoms with Crippen molar-refractivity contribution < 1.29 is 14.3 Å². The van der Waals surface area contributed by atoms with E-state index in [4.69, 9.17) is 9.47 Å². The Labute approximate surface area is 145 Å². The summed E-state index contributed by atoms with van der Waals surface area (Å²) in [6.07, 6.45) is 1.87. The summed E-state index contributed by atoms with van der Waals surface area (Å²) >= 11 is 0. The molecule has 1 aromatic carbocycles. The number of rotatable bonds is 3. The number of carbonyl (C=O) groups is 1. The Hall–Kier alpha value is -3.02. The fraction of sp³-hybridized carbons (Fsp3) is 0.263. The molecule has 2 aromatic heterocycles. The van der Waals surface area contributed by atoms with E-state index < -0.39 is 0 Å². The molecule has 6 nitrogen and oxygen atoms in total. The smallest absolute Gasteiger partial charge is 0.255 e.